The van der Waals surface area contributed by atoms with Crippen molar-refractivity contribution >= 4 is 45.9 Å². The first-order valence-electron chi connectivity index (χ1n) is 6.89. The molecule has 0 spiro atoms. The van der Waals surface area contributed by atoms with Gasteiger partial charge in [-0.25, -0.2) is 4.99 Å². The molecular formula is C17H16ClNS2. The predicted molar refractivity (Wildman–Crippen MR) is 96.4 cm³/mol. The standard InChI is InChI=1S/C17H16ClNS2/c1-12-4-2-3-5-13(12)11-21-17-8-9-20-16-7-6-14(18)10-15(16)19-17/h2-7,10H,8-9,11H2,1H3. The van der Waals surface area contributed by atoms with Gasteiger partial charge in [-0.05, 0) is 36.2 Å². The molecule has 0 fully saturated rings. The molecule has 3 rings (SSSR count). The number of hydrogen-bond acceptors (Lipinski definition) is 3. The highest BCUT2D eigenvalue weighted by molar-refractivity contribution is 8.13. The van der Waals surface area contributed by atoms with Crippen molar-refractivity contribution in [3.63, 3.8) is 0 Å². The van der Waals surface area contributed by atoms with E-state index in [2.05, 4.69) is 37.3 Å². The van der Waals surface area contributed by atoms with Crippen LogP contribution >= 0.6 is 35.1 Å². The van der Waals surface area contributed by atoms with Gasteiger partial charge < -0.3 is 0 Å². The van der Waals surface area contributed by atoms with Crippen molar-refractivity contribution in [2.75, 3.05) is 5.75 Å². The smallest absolute Gasteiger partial charge is 0.0789 e. The van der Waals surface area contributed by atoms with Crippen LogP contribution in [0.25, 0.3) is 0 Å². The molecule has 0 aromatic heterocycles. The normalized spacial score (nSPS) is 14.3. The van der Waals surface area contributed by atoms with Crippen molar-refractivity contribution < 1.29 is 0 Å². The minimum absolute atomic E-state index is 0.753. The summed E-state index contributed by atoms with van der Waals surface area (Å²) in [6.07, 6.45) is 1.02. The Labute approximate surface area is 139 Å². The number of rotatable bonds is 2. The summed E-state index contributed by atoms with van der Waals surface area (Å²) in [4.78, 5) is 6.05. The molecule has 1 nitrogen and oxygen atoms in total. The van der Waals surface area contributed by atoms with Crippen molar-refractivity contribution in [3.05, 3.63) is 58.6 Å². The number of benzene rings is 2. The second-order valence-corrected chi connectivity index (χ2v) is 7.55. The van der Waals surface area contributed by atoms with E-state index in [0.717, 1.165) is 28.6 Å². The van der Waals surface area contributed by atoms with E-state index in [1.807, 2.05) is 35.7 Å². The summed E-state index contributed by atoms with van der Waals surface area (Å²) < 4.78 is 0. The number of halogens is 1. The van der Waals surface area contributed by atoms with Gasteiger partial charge in [-0.1, -0.05) is 35.9 Å². The van der Waals surface area contributed by atoms with Gasteiger partial charge in [-0.15, -0.1) is 23.5 Å². The van der Waals surface area contributed by atoms with E-state index in [9.17, 15) is 0 Å². The van der Waals surface area contributed by atoms with Crippen LogP contribution in [0.1, 0.15) is 17.5 Å². The molecule has 21 heavy (non-hydrogen) atoms. The highest BCUT2D eigenvalue weighted by Gasteiger charge is 2.12. The largest absolute Gasteiger partial charge is 0.245 e. The topological polar surface area (TPSA) is 12.4 Å². The summed E-state index contributed by atoms with van der Waals surface area (Å²) in [5, 5.41) is 1.95. The van der Waals surface area contributed by atoms with Crippen LogP contribution in [0.4, 0.5) is 5.69 Å². The van der Waals surface area contributed by atoms with E-state index in [4.69, 9.17) is 16.6 Å². The van der Waals surface area contributed by atoms with E-state index >= 15 is 0 Å². The fraction of sp³-hybridized carbons (Fsp3) is 0.235. The molecule has 0 N–H and O–H groups in total. The SMILES string of the molecule is Cc1ccccc1CSC1=Nc2cc(Cl)ccc2SCC1. The maximum Gasteiger partial charge on any atom is 0.0789 e. The third-order valence-corrected chi connectivity index (χ3v) is 5.78. The number of aryl methyl sites for hydroxylation is 1. The lowest BCUT2D eigenvalue weighted by atomic mass is 10.1. The summed E-state index contributed by atoms with van der Waals surface area (Å²) >= 11 is 9.79. The number of fused-ring (bicyclic) bond motifs is 1. The van der Waals surface area contributed by atoms with E-state index in [1.54, 1.807) is 0 Å². The van der Waals surface area contributed by atoms with Crippen molar-refractivity contribution in [2.45, 2.75) is 24.0 Å². The third-order valence-electron chi connectivity index (χ3n) is 3.40. The average Bonchev–Trinajstić information content (AvgIpc) is 2.67. The van der Waals surface area contributed by atoms with Crippen LogP contribution in [0.5, 0.6) is 0 Å². The van der Waals surface area contributed by atoms with E-state index in [-0.39, 0.29) is 0 Å². The van der Waals surface area contributed by atoms with Crippen molar-refractivity contribution in [2.24, 2.45) is 4.99 Å². The van der Waals surface area contributed by atoms with E-state index in [1.165, 1.54) is 21.1 Å². The van der Waals surface area contributed by atoms with Crippen LogP contribution < -0.4 is 0 Å². The molecule has 1 aliphatic rings. The van der Waals surface area contributed by atoms with Crippen molar-refractivity contribution in [3.8, 4) is 0 Å². The van der Waals surface area contributed by atoms with Crippen LogP contribution in [0.3, 0.4) is 0 Å². The molecular weight excluding hydrogens is 318 g/mol. The van der Waals surface area contributed by atoms with Gasteiger partial charge in [0, 0.05) is 27.8 Å². The van der Waals surface area contributed by atoms with Crippen LogP contribution in [0.2, 0.25) is 5.02 Å². The Hall–Kier alpha value is -0.900. The molecule has 108 valence electrons. The maximum absolute atomic E-state index is 6.09. The first-order chi connectivity index (χ1) is 10.2. The molecule has 0 amide bonds. The molecule has 1 aliphatic heterocycles. The fourth-order valence-corrected chi connectivity index (χ4v) is 4.46. The fourth-order valence-electron chi connectivity index (χ4n) is 2.18. The van der Waals surface area contributed by atoms with Gasteiger partial charge in [0.15, 0.2) is 0 Å². The molecule has 4 heteroatoms. The molecule has 0 aliphatic carbocycles. The van der Waals surface area contributed by atoms with Gasteiger partial charge in [-0.3, -0.25) is 0 Å². The summed E-state index contributed by atoms with van der Waals surface area (Å²) in [5.74, 6) is 2.06. The minimum Gasteiger partial charge on any atom is -0.245 e. The van der Waals surface area contributed by atoms with Crippen LogP contribution in [-0.2, 0) is 5.75 Å². The summed E-state index contributed by atoms with van der Waals surface area (Å²) in [5.41, 5.74) is 3.74. The van der Waals surface area contributed by atoms with Crippen LogP contribution in [0.15, 0.2) is 52.4 Å². The van der Waals surface area contributed by atoms with Gasteiger partial charge in [0.1, 0.15) is 0 Å². The Morgan fingerprint density at radius 2 is 2.10 bits per heavy atom. The number of thioether (sulfide) groups is 2. The predicted octanol–water partition coefficient (Wildman–Crippen LogP) is 6.11. The second kappa shape index (κ2) is 6.91. The molecule has 0 radical (unpaired) electrons. The van der Waals surface area contributed by atoms with Crippen LogP contribution in [-0.4, -0.2) is 10.8 Å². The Kier molecular flexibility index (Phi) is 4.94. The van der Waals surface area contributed by atoms with Crippen molar-refractivity contribution in [1.82, 2.24) is 0 Å². The molecule has 0 unspecified atom stereocenters. The lowest BCUT2D eigenvalue weighted by molar-refractivity contribution is 1.30. The second-order valence-electron chi connectivity index (χ2n) is 4.93. The summed E-state index contributed by atoms with van der Waals surface area (Å²) in [6.45, 7) is 2.16. The van der Waals surface area contributed by atoms with Gasteiger partial charge in [0.25, 0.3) is 0 Å². The van der Waals surface area contributed by atoms with Crippen LogP contribution in [0, 0.1) is 6.92 Å². The minimum atomic E-state index is 0.753. The lowest BCUT2D eigenvalue weighted by Crippen LogP contribution is -1.95. The van der Waals surface area contributed by atoms with Gasteiger partial charge in [-0.2, -0.15) is 0 Å². The molecule has 2 aromatic carbocycles. The zero-order valence-electron chi connectivity index (χ0n) is 11.8. The third kappa shape index (κ3) is 3.85. The lowest BCUT2D eigenvalue weighted by Gasteiger charge is -2.06. The highest BCUT2D eigenvalue weighted by atomic mass is 35.5. The zero-order valence-corrected chi connectivity index (χ0v) is 14.2. The van der Waals surface area contributed by atoms with Gasteiger partial charge >= 0.3 is 0 Å². The van der Waals surface area contributed by atoms with E-state index in [0.29, 0.717) is 0 Å². The Morgan fingerprint density at radius 3 is 2.95 bits per heavy atom. The van der Waals surface area contributed by atoms with Gasteiger partial charge in [0.05, 0.1) is 10.7 Å². The monoisotopic (exact) mass is 333 g/mol. The number of nitrogens with zero attached hydrogens (tertiary/aromatic N) is 1. The zero-order chi connectivity index (χ0) is 14.7. The molecule has 0 atom stereocenters. The maximum atomic E-state index is 6.09. The first kappa shape index (κ1) is 15.0. The molecule has 1 heterocycles. The summed E-state index contributed by atoms with van der Waals surface area (Å²) in [7, 11) is 0. The number of aliphatic imine (C=N–C) groups is 1. The average molecular weight is 334 g/mol. The highest BCUT2D eigenvalue weighted by Crippen LogP contribution is 2.37. The van der Waals surface area contributed by atoms with Gasteiger partial charge in [0.2, 0.25) is 0 Å². The molecule has 0 saturated carbocycles. The Balaban J connectivity index is 1.78. The Bertz CT molecular complexity index is 682. The molecule has 0 saturated heterocycles. The quantitative estimate of drug-likeness (QED) is 0.657. The Morgan fingerprint density at radius 1 is 1.24 bits per heavy atom. The van der Waals surface area contributed by atoms with E-state index < -0.39 is 0 Å². The number of hydrogen-bond donors (Lipinski definition) is 0. The molecule has 2 aromatic rings. The van der Waals surface area contributed by atoms with Crippen molar-refractivity contribution in [1.29, 1.82) is 0 Å². The summed E-state index contributed by atoms with van der Waals surface area (Å²) in [6, 6.07) is 14.5. The first-order valence-corrected chi connectivity index (χ1v) is 9.24. The molecule has 0 bridgehead atoms.